The second kappa shape index (κ2) is 7.32. The maximum absolute atomic E-state index is 13.1. The number of ketones is 1. The number of hydrogen-bond donors (Lipinski definition) is 0. The Labute approximate surface area is 148 Å². The molecule has 2 unspecified atom stereocenters. The number of nitrogens with zero attached hydrogens (tertiary/aromatic N) is 1. The van der Waals surface area contributed by atoms with Gasteiger partial charge in [0.05, 0.1) is 16.4 Å². The van der Waals surface area contributed by atoms with Crippen LogP contribution < -0.4 is 0 Å². The smallest absolute Gasteiger partial charge is 0.296 e. The van der Waals surface area contributed by atoms with Gasteiger partial charge in [0.25, 0.3) is 0 Å². The number of hydrogen-bond acceptors (Lipinski definition) is 3. The van der Waals surface area contributed by atoms with E-state index in [9.17, 15) is 23.2 Å². The highest BCUT2D eigenvalue weighted by atomic mass is 32.2. The average Bonchev–Trinajstić information content (AvgIpc) is 2.62. The number of Topliss-reactive ketones (excluding diaryl/α,β-unsaturated/α-hetero) is 1. The first-order valence-corrected chi connectivity index (χ1v) is 8.68. The molecular weight excluding hydrogens is 347 g/mol. The van der Waals surface area contributed by atoms with Crippen LogP contribution in [0.3, 0.4) is 0 Å². The van der Waals surface area contributed by atoms with Crippen molar-refractivity contribution < 1.29 is 18.0 Å². The van der Waals surface area contributed by atoms with E-state index in [1.165, 1.54) is 23.9 Å². The summed E-state index contributed by atoms with van der Waals surface area (Å²) in [6.07, 6.45) is -2.78. The van der Waals surface area contributed by atoms with Crippen LogP contribution in [0.1, 0.15) is 29.5 Å². The van der Waals surface area contributed by atoms with E-state index in [2.05, 4.69) is 0 Å². The van der Waals surface area contributed by atoms with Gasteiger partial charge in [0, 0.05) is 0 Å². The molecule has 0 heterocycles. The topological polar surface area (TPSA) is 40.9 Å². The maximum atomic E-state index is 13.1. The minimum atomic E-state index is -4.53. The molecule has 0 aliphatic carbocycles. The molecule has 2 aromatic rings. The quantitative estimate of drug-likeness (QED) is 0.737. The van der Waals surface area contributed by atoms with E-state index in [-0.39, 0.29) is 5.56 Å². The first kappa shape index (κ1) is 19.1. The summed E-state index contributed by atoms with van der Waals surface area (Å²) in [6, 6.07) is 15.2. The van der Waals surface area contributed by atoms with Gasteiger partial charge in [0.15, 0.2) is 5.78 Å². The molecule has 6 heteroatoms. The van der Waals surface area contributed by atoms with Gasteiger partial charge in [-0.05, 0) is 30.4 Å². The number of halogens is 3. The third kappa shape index (κ3) is 3.88. The minimum absolute atomic E-state index is 0.0542. The van der Waals surface area contributed by atoms with E-state index in [1.807, 2.05) is 12.1 Å². The molecule has 0 saturated heterocycles. The molecule has 2 aromatic carbocycles. The molecule has 0 aliphatic heterocycles. The molecule has 0 saturated carbocycles. The van der Waals surface area contributed by atoms with Crippen LogP contribution in [0, 0.1) is 11.3 Å². The molecule has 0 bridgehead atoms. The second-order valence-corrected chi connectivity index (χ2v) is 6.88. The van der Waals surface area contributed by atoms with Crippen LogP contribution in [-0.4, -0.2) is 12.0 Å². The van der Waals surface area contributed by atoms with Gasteiger partial charge in [-0.3, -0.25) is 4.79 Å². The van der Waals surface area contributed by atoms with Crippen LogP contribution in [-0.2, 0) is 15.7 Å². The monoisotopic (exact) mass is 363 g/mol. The number of benzene rings is 2. The Morgan fingerprint density at radius 3 is 2.20 bits per heavy atom. The zero-order chi connectivity index (χ0) is 18.7. The Morgan fingerprint density at radius 2 is 1.68 bits per heavy atom. The molecule has 0 fully saturated rings. The van der Waals surface area contributed by atoms with Crippen molar-refractivity contribution in [2.45, 2.75) is 23.8 Å². The number of thioether (sulfide) groups is 1. The standard InChI is InChI=1S/C19H16F3NOS/c1-18(25-2,14-8-4-3-5-9-14)17(24)16(12-23)13-7-6-10-15(11-13)19(20,21)22/h3-11,16H,1-2H3. The maximum Gasteiger partial charge on any atom is 0.416 e. The van der Waals surface area contributed by atoms with Crippen molar-refractivity contribution in [3.63, 3.8) is 0 Å². The normalized spacial score (nSPS) is 15.0. The predicted octanol–water partition coefficient (Wildman–Crippen LogP) is 5.16. The van der Waals surface area contributed by atoms with Gasteiger partial charge < -0.3 is 0 Å². The van der Waals surface area contributed by atoms with E-state index in [0.717, 1.165) is 12.1 Å². The number of nitriles is 1. The molecule has 2 rings (SSSR count). The molecule has 0 aromatic heterocycles. The Bertz CT molecular complexity index is 798. The number of carbonyl (C=O) groups is 1. The largest absolute Gasteiger partial charge is 0.416 e. The predicted molar refractivity (Wildman–Crippen MR) is 92.1 cm³/mol. The average molecular weight is 363 g/mol. The van der Waals surface area contributed by atoms with Gasteiger partial charge in [0.2, 0.25) is 0 Å². The fourth-order valence-corrected chi connectivity index (χ4v) is 3.26. The summed E-state index contributed by atoms with van der Waals surface area (Å²) in [5.41, 5.74) is -0.109. The fourth-order valence-electron chi connectivity index (χ4n) is 2.57. The van der Waals surface area contributed by atoms with Gasteiger partial charge in [-0.25, -0.2) is 0 Å². The molecule has 130 valence electrons. The van der Waals surface area contributed by atoms with Crippen LogP contribution in [0.5, 0.6) is 0 Å². The van der Waals surface area contributed by atoms with Crippen molar-refractivity contribution in [1.29, 1.82) is 5.26 Å². The lowest BCUT2D eigenvalue weighted by molar-refractivity contribution is -0.137. The van der Waals surface area contributed by atoms with E-state index in [4.69, 9.17) is 0 Å². The van der Waals surface area contributed by atoms with Crippen molar-refractivity contribution in [2.24, 2.45) is 0 Å². The van der Waals surface area contributed by atoms with Gasteiger partial charge in [-0.1, -0.05) is 48.5 Å². The molecule has 25 heavy (non-hydrogen) atoms. The van der Waals surface area contributed by atoms with Crippen molar-refractivity contribution in [3.05, 3.63) is 71.3 Å². The van der Waals surface area contributed by atoms with E-state index in [1.54, 1.807) is 37.4 Å². The number of rotatable bonds is 5. The summed E-state index contributed by atoms with van der Waals surface area (Å²) < 4.78 is 37.8. The summed E-state index contributed by atoms with van der Waals surface area (Å²) in [7, 11) is 0. The molecule has 0 aliphatic rings. The summed E-state index contributed by atoms with van der Waals surface area (Å²) in [4.78, 5) is 13.1. The van der Waals surface area contributed by atoms with Crippen molar-refractivity contribution in [3.8, 4) is 6.07 Å². The second-order valence-electron chi connectivity index (χ2n) is 5.65. The van der Waals surface area contributed by atoms with Crippen LogP contribution in [0.15, 0.2) is 54.6 Å². The van der Waals surface area contributed by atoms with Crippen molar-refractivity contribution in [2.75, 3.05) is 6.26 Å². The molecule has 0 spiro atoms. The lowest BCUT2D eigenvalue weighted by Crippen LogP contribution is -2.33. The van der Waals surface area contributed by atoms with Crippen LogP contribution in [0.4, 0.5) is 13.2 Å². The minimum Gasteiger partial charge on any atom is -0.296 e. The number of carbonyl (C=O) groups excluding carboxylic acids is 1. The Hall–Kier alpha value is -2.26. The molecule has 0 radical (unpaired) electrons. The van der Waals surface area contributed by atoms with E-state index in [0.29, 0.717) is 5.56 Å². The van der Waals surface area contributed by atoms with Crippen LogP contribution in [0.2, 0.25) is 0 Å². The van der Waals surface area contributed by atoms with Crippen molar-refractivity contribution >= 4 is 17.5 Å². The molecule has 2 atom stereocenters. The van der Waals surface area contributed by atoms with Crippen LogP contribution >= 0.6 is 11.8 Å². The third-order valence-electron chi connectivity index (χ3n) is 4.14. The highest BCUT2D eigenvalue weighted by molar-refractivity contribution is 8.00. The summed E-state index contributed by atoms with van der Waals surface area (Å²) in [6.45, 7) is 1.69. The van der Waals surface area contributed by atoms with Gasteiger partial charge in [0.1, 0.15) is 5.92 Å². The van der Waals surface area contributed by atoms with Crippen molar-refractivity contribution in [1.82, 2.24) is 0 Å². The molecule has 2 nitrogen and oxygen atoms in total. The zero-order valence-electron chi connectivity index (χ0n) is 13.7. The zero-order valence-corrected chi connectivity index (χ0v) is 14.5. The first-order chi connectivity index (χ1) is 11.7. The molecule has 0 N–H and O–H groups in total. The Morgan fingerprint density at radius 1 is 1.08 bits per heavy atom. The van der Waals surface area contributed by atoms with Gasteiger partial charge in [-0.15, -0.1) is 11.8 Å². The fraction of sp³-hybridized carbons (Fsp3) is 0.263. The SMILES string of the molecule is CSC(C)(C(=O)C(C#N)c1cccc(C(F)(F)F)c1)c1ccccc1. The van der Waals surface area contributed by atoms with Crippen LogP contribution in [0.25, 0.3) is 0 Å². The summed E-state index contributed by atoms with van der Waals surface area (Å²) in [5, 5.41) is 9.49. The third-order valence-corrected chi connectivity index (χ3v) is 5.40. The number of alkyl halides is 3. The van der Waals surface area contributed by atoms with Gasteiger partial charge >= 0.3 is 6.18 Å². The molecular formula is C19H16F3NOS. The highest BCUT2D eigenvalue weighted by Gasteiger charge is 2.40. The lowest BCUT2D eigenvalue weighted by Gasteiger charge is -2.29. The Balaban J connectivity index is 2.47. The highest BCUT2D eigenvalue weighted by Crippen LogP contribution is 2.40. The lowest BCUT2D eigenvalue weighted by atomic mass is 9.84. The molecule has 0 amide bonds. The summed E-state index contributed by atoms with van der Waals surface area (Å²) in [5.74, 6) is -1.71. The Kier molecular flexibility index (Phi) is 5.58. The first-order valence-electron chi connectivity index (χ1n) is 7.46. The summed E-state index contributed by atoms with van der Waals surface area (Å²) >= 11 is 1.26. The van der Waals surface area contributed by atoms with E-state index >= 15 is 0 Å². The van der Waals surface area contributed by atoms with Gasteiger partial charge in [-0.2, -0.15) is 18.4 Å². The van der Waals surface area contributed by atoms with E-state index < -0.39 is 28.2 Å².